The van der Waals surface area contributed by atoms with Crippen LogP contribution in [0.25, 0.3) is 0 Å². The zero-order valence-corrected chi connectivity index (χ0v) is 16.3. The number of carbonyl (C=O) groups excluding carboxylic acids is 1. The minimum Gasteiger partial charge on any atom is -0.493 e. The van der Waals surface area contributed by atoms with Crippen LogP contribution in [-0.2, 0) is 11.2 Å². The Kier molecular flexibility index (Phi) is 6.82. The molecule has 0 fully saturated rings. The van der Waals surface area contributed by atoms with Crippen LogP contribution in [0.3, 0.4) is 0 Å². The van der Waals surface area contributed by atoms with Crippen LogP contribution in [0.4, 0.5) is 0 Å². The van der Waals surface area contributed by atoms with Gasteiger partial charge in [-0.15, -0.1) is 11.3 Å². The van der Waals surface area contributed by atoms with E-state index in [0.717, 1.165) is 22.7 Å². The summed E-state index contributed by atoms with van der Waals surface area (Å²) in [5.41, 5.74) is 1.87. The van der Waals surface area contributed by atoms with Gasteiger partial charge in [-0.05, 0) is 37.0 Å². The van der Waals surface area contributed by atoms with Gasteiger partial charge in [0.05, 0.1) is 26.7 Å². The van der Waals surface area contributed by atoms with E-state index in [0.29, 0.717) is 23.8 Å². The molecule has 0 radical (unpaired) electrons. The highest BCUT2D eigenvalue weighted by atomic mass is 32.1. The monoisotopic (exact) mass is 362 g/mol. The molecule has 136 valence electrons. The summed E-state index contributed by atoms with van der Waals surface area (Å²) in [6, 6.07) is 5.48. The van der Waals surface area contributed by atoms with Crippen LogP contribution >= 0.6 is 11.3 Å². The topological polar surface area (TPSA) is 60.5 Å². The molecule has 1 unspecified atom stereocenters. The zero-order chi connectivity index (χ0) is 18.4. The van der Waals surface area contributed by atoms with Crippen molar-refractivity contribution >= 4 is 17.2 Å². The second-order valence-electron chi connectivity index (χ2n) is 6.44. The van der Waals surface area contributed by atoms with Crippen molar-refractivity contribution in [3.63, 3.8) is 0 Å². The van der Waals surface area contributed by atoms with Gasteiger partial charge in [0.2, 0.25) is 5.91 Å². The highest BCUT2D eigenvalue weighted by Gasteiger charge is 2.19. The van der Waals surface area contributed by atoms with Crippen LogP contribution in [-0.4, -0.2) is 25.1 Å². The SMILES string of the molecule is COc1ccc(CC(=O)NC(CC(C)C)c2nc(C)cs2)cc1OC. The fraction of sp³-hybridized carbons (Fsp3) is 0.474. The molecule has 2 aromatic rings. The van der Waals surface area contributed by atoms with E-state index in [9.17, 15) is 4.79 Å². The molecule has 6 heteroatoms. The number of nitrogens with one attached hydrogen (secondary N) is 1. The van der Waals surface area contributed by atoms with Gasteiger partial charge in [-0.1, -0.05) is 19.9 Å². The van der Waals surface area contributed by atoms with Crippen LogP contribution in [0.5, 0.6) is 11.5 Å². The summed E-state index contributed by atoms with van der Waals surface area (Å²) in [4.78, 5) is 17.1. The van der Waals surface area contributed by atoms with E-state index in [-0.39, 0.29) is 11.9 Å². The largest absolute Gasteiger partial charge is 0.493 e. The smallest absolute Gasteiger partial charge is 0.224 e. The third-order valence-electron chi connectivity index (χ3n) is 3.79. The molecule has 1 heterocycles. The van der Waals surface area contributed by atoms with E-state index >= 15 is 0 Å². The number of aryl methyl sites for hydroxylation is 1. The van der Waals surface area contributed by atoms with Crippen molar-refractivity contribution in [3.05, 3.63) is 39.8 Å². The van der Waals surface area contributed by atoms with E-state index in [4.69, 9.17) is 9.47 Å². The first-order valence-corrected chi connectivity index (χ1v) is 9.23. The Labute approximate surface area is 153 Å². The molecular weight excluding hydrogens is 336 g/mol. The van der Waals surface area contributed by atoms with Crippen LogP contribution < -0.4 is 14.8 Å². The maximum atomic E-state index is 12.5. The molecule has 0 saturated heterocycles. The minimum absolute atomic E-state index is 0.0225. The summed E-state index contributed by atoms with van der Waals surface area (Å²) in [6.07, 6.45) is 1.16. The van der Waals surface area contributed by atoms with Gasteiger partial charge in [0.15, 0.2) is 11.5 Å². The first-order chi connectivity index (χ1) is 11.9. The van der Waals surface area contributed by atoms with Gasteiger partial charge >= 0.3 is 0 Å². The number of aromatic nitrogens is 1. The minimum atomic E-state index is -0.0497. The molecule has 1 atom stereocenters. The van der Waals surface area contributed by atoms with Crippen molar-refractivity contribution in [2.24, 2.45) is 5.92 Å². The van der Waals surface area contributed by atoms with Gasteiger partial charge in [0.1, 0.15) is 5.01 Å². The summed E-state index contributed by atoms with van der Waals surface area (Å²) in [6.45, 7) is 6.26. The van der Waals surface area contributed by atoms with Gasteiger partial charge in [-0.2, -0.15) is 0 Å². The van der Waals surface area contributed by atoms with Crippen molar-refractivity contribution in [2.75, 3.05) is 14.2 Å². The third kappa shape index (κ3) is 5.46. The van der Waals surface area contributed by atoms with Crippen LogP contribution in [0.15, 0.2) is 23.6 Å². The van der Waals surface area contributed by atoms with Gasteiger partial charge < -0.3 is 14.8 Å². The lowest BCUT2D eigenvalue weighted by Gasteiger charge is -2.19. The molecular formula is C19H26N2O3S. The summed E-state index contributed by atoms with van der Waals surface area (Å²) >= 11 is 1.60. The van der Waals surface area contributed by atoms with Gasteiger partial charge in [-0.25, -0.2) is 4.98 Å². The molecule has 1 aromatic heterocycles. The molecule has 2 rings (SSSR count). The number of benzene rings is 1. The maximum absolute atomic E-state index is 12.5. The number of rotatable bonds is 8. The number of thiazole rings is 1. The summed E-state index contributed by atoms with van der Waals surface area (Å²) < 4.78 is 10.5. The van der Waals surface area contributed by atoms with Crippen molar-refractivity contribution in [2.45, 2.75) is 39.7 Å². The van der Waals surface area contributed by atoms with Gasteiger partial charge in [0.25, 0.3) is 0 Å². The Hall–Kier alpha value is -2.08. The van der Waals surface area contributed by atoms with E-state index in [2.05, 4.69) is 24.1 Å². The second kappa shape index (κ2) is 8.85. The highest BCUT2D eigenvalue weighted by Crippen LogP contribution is 2.28. The quantitative estimate of drug-likeness (QED) is 0.773. The van der Waals surface area contributed by atoms with Crippen molar-refractivity contribution in [1.29, 1.82) is 0 Å². The predicted octanol–water partition coefficient (Wildman–Crippen LogP) is 3.91. The number of amides is 1. The summed E-state index contributed by atoms with van der Waals surface area (Å²) in [5, 5.41) is 6.11. The first kappa shape index (κ1) is 19.2. The Morgan fingerprint density at radius 1 is 1.24 bits per heavy atom. The van der Waals surface area contributed by atoms with Gasteiger partial charge in [-0.3, -0.25) is 4.79 Å². The number of nitrogens with zero attached hydrogens (tertiary/aromatic N) is 1. The predicted molar refractivity (Wildman–Crippen MR) is 100 cm³/mol. The molecule has 0 aliphatic carbocycles. The second-order valence-corrected chi connectivity index (χ2v) is 7.33. The van der Waals surface area contributed by atoms with Gasteiger partial charge in [0, 0.05) is 11.1 Å². The molecule has 5 nitrogen and oxygen atoms in total. The Balaban J connectivity index is 2.08. The fourth-order valence-corrected chi connectivity index (χ4v) is 3.51. The lowest BCUT2D eigenvalue weighted by Crippen LogP contribution is -2.30. The molecule has 0 spiro atoms. The lowest BCUT2D eigenvalue weighted by atomic mass is 10.0. The Morgan fingerprint density at radius 3 is 2.52 bits per heavy atom. The molecule has 0 aliphatic heterocycles. The average molecular weight is 362 g/mol. The number of carbonyl (C=O) groups is 1. The molecule has 1 aromatic carbocycles. The van der Waals surface area contributed by atoms with E-state index in [1.165, 1.54) is 0 Å². The summed E-state index contributed by atoms with van der Waals surface area (Å²) in [7, 11) is 3.18. The highest BCUT2D eigenvalue weighted by molar-refractivity contribution is 7.09. The maximum Gasteiger partial charge on any atom is 0.224 e. The summed E-state index contributed by atoms with van der Waals surface area (Å²) in [5.74, 6) is 1.73. The molecule has 25 heavy (non-hydrogen) atoms. The zero-order valence-electron chi connectivity index (χ0n) is 15.5. The standard InChI is InChI=1S/C19H26N2O3S/c1-12(2)8-15(19-20-13(3)11-25-19)21-18(22)10-14-6-7-16(23-4)17(9-14)24-5/h6-7,9,11-12,15H,8,10H2,1-5H3,(H,21,22). The van der Waals surface area contributed by atoms with E-state index < -0.39 is 0 Å². The van der Waals surface area contributed by atoms with Crippen LogP contribution in [0.1, 0.15) is 42.6 Å². The first-order valence-electron chi connectivity index (χ1n) is 8.35. The Morgan fingerprint density at radius 2 is 1.96 bits per heavy atom. The number of methoxy groups -OCH3 is 2. The third-order valence-corrected chi connectivity index (χ3v) is 4.87. The number of hydrogen-bond acceptors (Lipinski definition) is 5. The molecule has 0 saturated carbocycles. The normalized spacial score (nSPS) is 12.1. The molecule has 0 aliphatic rings. The van der Waals surface area contributed by atoms with E-state index in [1.807, 2.05) is 30.5 Å². The molecule has 1 N–H and O–H groups in total. The van der Waals surface area contributed by atoms with Crippen molar-refractivity contribution < 1.29 is 14.3 Å². The number of hydrogen-bond donors (Lipinski definition) is 1. The number of ether oxygens (including phenoxy) is 2. The van der Waals surface area contributed by atoms with E-state index in [1.54, 1.807) is 25.6 Å². The van der Waals surface area contributed by atoms with Crippen LogP contribution in [0.2, 0.25) is 0 Å². The van der Waals surface area contributed by atoms with Crippen LogP contribution in [0, 0.1) is 12.8 Å². The van der Waals surface area contributed by atoms with Crippen molar-refractivity contribution in [1.82, 2.24) is 10.3 Å². The fourth-order valence-electron chi connectivity index (χ4n) is 2.65. The average Bonchev–Trinajstić information content (AvgIpc) is 3.00. The lowest BCUT2D eigenvalue weighted by molar-refractivity contribution is -0.121. The molecule has 1 amide bonds. The van der Waals surface area contributed by atoms with Crippen molar-refractivity contribution in [3.8, 4) is 11.5 Å². The Bertz CT molecular complexity index is 712. The molecule has 0 bridgehead atoms.